The third-order valence-corrected chi connectivity index (χ3v) is 5.67. The van der Waals surface area contributed by atoms with E-state index in [9.17, 15) is 9.59 Å². The molecular weight excluding hydrogens is 440 g/mol. The number of esters is 1. The van der Waals surface area contributed by atoms with Crippen LogP contribution in [-0.2, 0) is 9.53 Å². The smallest absolute Gasteiger partial charge is 0.337 e. The first-order chi connectivity index (χ1) is 15.9. The fourth-order valence-electron chi connectivity index (χ4n) is 3.56. The Kier molecular flexibility index (Phi) is 8.62. The van der Waals surface area contributed by atoms with E-state index in [-0.39, 0.29) is 17.6 Å². The Morgan fingerprint density at radius 2 is 1.76 bits per heavy atom. The van der Waals surface area contributed by atoms with Crippen molar-refractivity contribution in [2.45, 2.75) is 13.8 Å². The summed E-state index contributed by atoms with van der Waals surface area (Å²) in [5, 5.41) is 5.83. The van der Waals surface area contributed by atoms with Gasteiger partial charge in [-0.3, -0.25) is 10.1 Å². The van der Waals surface area contributed by atoms with Gasteiger partial charge < -0.3 is 24.6 Å². The monoisotopic (exact) mass is 470 g/mol. The van der Waals surface area contributed by atoms with Crippen molar-refractivity contribution in [1.82, 2.24) is 10.2 Å². The number of benzene rings is 2. The van der Waals surface area contributed by atoms with E-state index in [1.807, 2.05) is 37.3 Å². The Hall–Kier alpha value is -3.17. The first-order valence-electron chi connectivity index (χ1n) is 10.9. The van der Waals surface area contributed by atoms with E-state index < -0.39 is 5.97 Å². The predicted octanol–water partition coefficient (Wildman–Crippen LogP) is 2.82. The van der Waals surface area contributed by atoms with Crippen LogP contribution in [0.5, 0.6) is 5.75 Å². The van der Waals surface area contributed by atoms with E-state index in [0.29, 0.717) is 17.0 Å². The molecule has 0 aromatic heterocycles. The normalized spacial score (nSPS) is 13.8. The molecule has 3 rings (SSSR count). The zero-order valence-electron chi connectivity index (χ0n) is 19.2. The number of carbonyl (C=O) groups is 2. The largest absolute Gasteiger partial charge is 0.484 e. The summed E-state index contributed by atoms with van der Waals surface area (Å²) in [6.07, 6.45) is 0. The van der Waals surface area contributed by atoms with Gasteiger partial charge in [0.15, 0.2) is 11.7 Å². The van der Waals surface area contributed by atoms with Gasteiger partial charge in [0.05, 0.1) is 24.0 Å². The van der Waals surface area contributed by atoms with Crippen LogP contribution in [0.15, 0.2) is 42.5 Å². The van der Waals surface area contributed by atoms with Crippen molar-refractivity contribution in [2.75, 3.05) is 56.7 Å². The highest BCUT2D eigenvalue weighted by Crippen LogP contribution is 2.28. The van der Waals surface area contributed by atoms with Crippen molar-refractivity contribution in [3.8, 4) is 5.75 Å². The van der Waals surface area contributed by atoms with Crippen LogP contribution in [-0.4, -0.2) is 68.3 Å². The molecule has 1 aliphatic rings. The van der Waals surface area contributed by atoms with Crippen molar-refractivity contribution in [1.29, 1.82) is 0 Å². The number of amides is 1. The minimum Gasteiger partial charge on any atom is -0.484 e. The minimum atomic E-state index is -0.443. The molecule has 8 nitrogen and oxygen atoms in total. The molecule has 0 unspecified atom stereocenters. The molecule has 1 saturated heterocycles. The number of rotatable bonds is 7. The molecule has 1 amide bonds. The second-order valence-corrected chi connectivity index (χ2v) is 8.16. The molecule has 0 atom stereocenters. The zero-order chi connectivity index (χ0) is 23.8. The van der Waals surface area contributed by atoms with E-state index in [0.717, 1.165) is 44.0 Å². The maximum atomic E-state index is 12.3. The Balaban J connectivity index is 1.66. The van der Waals surface area contributed by atoms with Gasteiger partial charge in [-0.2, -0.15) is 0 Å². The Morgan fingerprint density at radius 1 is 1.06 bits per heavy atom. The Morgan fingerprint density at radius 3 is 2.39 bits per heavy atom. The molecule has 33 heavy (non-hydrogen) atoms. The van der Waals surface area contributed by atoms with Gasteiger partial charge in [0.25, 0.3) is 5.91 Å². The number of hydrogen-bond donors (Lipinski definition) is 2. The third kappa shape index (κ3) is 6.90. The fourth-order valence-corrected chi connectivity index (χ4v) is 3.79. The van der Waals surface area contributed by atoms with Gasteiger partial charge >= 0.3 is 5.97 Å². The summed E-state index contributed by atoms with van der Waals surface area (Å²) in [6.45, 7) is 8.58. The molecule has 0 saturated carbocycles. The number of anilines is 2. The summed E-state index contributed by atoms with van der Waals surface area (Å²) in [5.41, 5.74) is 3.05. The van der Waals surface area contributed by atoms with Crippen molar-refractivity contribution >= 4 is 40.6 Å². The van der Waals surface area contributed by atoms with Gasteiger partial charge in [-0.05, 0) is 56.0 Å². The fraction of sp³-hybridized carbons (Fsp3) is 0.375. The first-order valence-corrected chi connectivity index (χ1v) is 11.3. The highest BCUT2D eigenvalue weighted by Gasteiger charge is 2.20. The van der Waals surface area contributed by atoms with Crippen LogP contribution in [0, 0.1) is 6.92 Å². The van der Waals surface area contributed by atoms with Gasteiger partial charge in [-0.25, -0.2) is 4.79 Å². The lowest BCUT2D eigenvalue weighted by Gasteiger charge is -2.36. The number of piperazine rings is 1. The summed E-state index contributed by atoms with van der Waals surface area (Å²) in [6, 6.07) is 12.7. The number of thiocarbonyl (C=S) groups is 1. The van der Waals surface area contributed by atoms with Crippen LogP contribution in [0.25, 0.3) is 0 Å². The van der Waals surface area contributed by atoms with Gasteiger partial charge in [0.2, 0.25) is 0 Å². The molecule has 0 spiro atoms. The molecule has 1 fully saturated rings. The SMILES string of the molecule is CCN1CCN(c2ccc(C(=O)OC)cc2NC(=S)NC(=O)COc2ccc(C)cc2)CC1. The lowest BCUT2D eigenvalue weighted by Crippen LogP contribution is -2.46. The molecule has 1 heterocycles. The molecule has 1 aliphatic heterocycles. The van der Waals surface area contributed by atoms with Crippen LogP contribution >= 0.6 is 12.2 Å². The molecular formula is C24H30N4O4S. The average Bonchev–Trinajstić information content (AvgIpc) is 2.83. The minimum absolute atomic E-state index is 0.128. The van der Waals surface area contributed by atoms with Crippen molar-refractivity contribution in [3.63, 3.8) is 0 Å². The molecule has 0 bridgehead atoms. The molecule has 0 aliphatic carbocycles. The first kappa shape index (κ1) is 24.5. The van der Waals surface area contributed by atoms with E-state index in [4.69, 9.17) is 21.7 Å². The van der Waals surface area contributed by atoms with Crippen LogP contribution in [0.4, 0.5) is 11.4 Å². The van der Waals surface area contributed by atoms with E-state index >= 15 is 0 Å². The number of methoxy groups -OCH3 is 1. The van der Waals surface area contributed by atoms with Crippen molar-refractivity contribution in [3.05, 3.63) is 53.6 Å². The van der Waals surface area contributed by atoms with Crippen LogP contribution < -0.4 is 20.3 Å². The van der Waals surface area contributed by atoms with E-state index in [2.05, 4.69) is 27.4 Å². The lowest BCUT2D eigenvalue weighted by atomic mass is 10.1. The second kappa shape index (κ2) is 11.6. The number of hydrogen-bond acceptors (Lipinski definition) is 7. The van der Waals surface area contributed by atoms with E-state index in [1.165, 1.54) is 7.11 Å². The van der Waals surface area contributed by atoms with Crippen molar-refractivity contribution < 1.29 is 19.1 Å². The summed E-state index contributed by atoms with van der Waals surface area (Å²) in [5.74, 6) is -0.217. The Labute approximate surface area is 199 Å². The molecule has 2 aromatic rings. The maximum Gasteiger partial charge on any atom is 0.337 e. The second-order valence-electron chi connectivity index (χ2n) is 7.75. The number of likely N-dealkylation sites (N-methyl/N-ethyl adjacent to an activating group) is 1. The van der Waals surface area contributed by atoms with Crippen LogP contribution in [0.2, 0.25) is 0 Å². The maximum absolute atomic E-state index is 12.3. The molecule has 0 radical (unpaired) electrons. The van der Waals surface area contributed by atoms with Crippen molar-refractivity contribution in [2.24, 2.45) is 0 Å². The lowest BCUT2D eigenvalue weighted by molar-refractivity contribution is -0.121. The number of aryl methyl sites for hydroxylation is 1. The molecule has 2 aromatic carbocycles. The number of ether oxygens (including phenoxy) is 2. The summed E-state index contributed by atoms with van der Waals surface area (Å²) < 4.78 is 10.4. The third-order valence-electron chi connectivity index (χ3n) is 5.47. The molecule has 2 N–H and O–H groups in total. The van der Waals surface area contributed by atoms with Gasteiger partial charge in [-0.15, -0.1) is 0 Å². The highest BCUT2D eigenvalue weighted by molar-refractivity contribution is 7.80. The molecule has 176 valence electrons. The number of nitrogens with one attached hydrogen (secondary N) is 2. The number of nitrogens with zero attached hydrogens (tertiary/aromatic N) is 2. The quantitative estimate of drug-likeness (QED) is 0.472. The summed E-state index contributed by atoms with van der Waals surface area (Å²) in [4.78, 5) is 29.0. The zero-order valence-corrected chi connectivity index (χ0v) is 20.0. The van der Waals surface area contributed by atoms with E-state index in [1.54, 1.807) is 12.1 Å². The van der Waals surface area contributed by atoms with Crippen LogP contribution in [0.3, 0.4) is 0 Å². The van der Waals surface area contributed by atoms with Gasteiger partial charge in [-0.1, -0.05) is 24.6 Å². The van der Waals surface area contributed by atoms with Gasteiger partial charge in [0, 0.05) is 26.2 Å². The molecule has 9 heteroatoms. The highest BCUT2D eigenvalue weighted by atomic mass is 32.1. The number of carbonyl (C=O) groups excluding carboxylic acids is 2. The predicted molar refractivity (Wildman–Crippen MR) is 133 cm³/mol. The van der Waals surface area contributed by atoms with Gasteiger partial charge in [0.1, 0.15) is 5.75 Å². The Bertz CT molecular complexity index is 988. The summed E-state index contributed by atoms with van der Waals surface area (Å²) >= 11 is 5.35. The topological polar surface area (TPSA) is 83.1 Å². The van der Waals surface area contributed by atoms with Crippen LogP contribution in [0.1, 0.15) is 22.8 Å². The summed E-state index contributed by atoms with van der Waals surface area (Å²) in [7, 11) is 1.34. The average molecular weight is 471 g/mol. The standard InChI is InChI=1S/C24H30N4O4S/c1-4-27-11-13-28(14-12-27)21-10-7-18(23(30)31-3)15-20(21)25-24(33)26-22(29)16-32-19-8-5-17(2)6-9-19/h5-10,15H,4,11-14,16H2,1-3H3,(H2,25,26,29,33).